The van der Waals surface area contributed by atoms with Crippen LogP contribution in [-0.4, -0.2) is 13.0 Å². The number of carbonyl (C=O) groups excluding carboxylic acids is 1. The van der Waals surface area contributed by atoms with Crippen LogP contribution >= 0.6 is 0 Å². The Hall–Kier alpha value is -4.05. The molecule has 1 amide bonds. The van der Waals surface area contributed by atoms with E-state index in [-0.39, 0.29) is 16.7 Å². The Morgan fingerprint density at radius 3 is 2.02 bits per heavy atom. The zero-order valence-electron chi connectivity index (χ0n) is 24.4. The van der Waals surface area contributed by atoms with Gasteiger partial charge in [-0.05, 0) is 100 Å². The van der Waals surface area contributed by atoms with Gasteiger partial charge in [0.25, 0.3) is 5.91 Å². The molecular formula is C36H39NO3. The van der Waals surface area contributed by atoms with E-state index in [0.717, 1.165) is 28.3 Å². The lowest BCUT2D eigenvalue weighted by atomic mass is 9.62. The fourth-order valence-electron chi connectivity index (χ4n) is 5.52. The van der Waals surface area contributed by atoms with Gasteiger partial charge in [0, 0.05) is 12.1 Å². The molecular weight excluding hydrogens is 494 g/mol. The number of rotatable bonds is 7. The number of hydrogen-bond donors (Lipinski definition) is 1. The van der Waals surface area contributed by atoms with Crippen molar-refractivity contribution in [3.8, 4) is 5.75 Å². The SMILES string of the molecule is COc1ccc(C=Cc2ccc(NC(=O)c3ccc(Cc4cc5c(cc4C)C(C)(C)CCC5(C)C)o3)cc2)cc1. The van der Waals surface area contributed by atoms with Crippen LogP contribution in [-0.2, 0) is 17.3 Å². The first kappa shape index (κ1) is 27.5. The van der Waals surface area contributed by atoms with Crippen LogP contribution in [0.15, 0.2) is 77.2 Å². The standard InChI is InChI=1S/C36H39NO3/c1-24-21-31-32(36(4,5)20-19-35(31,2)3)23-27(24)22-30-17-18-33(40-30)34(38)37-28-13-9-25(10-14-28)7-8-26-11-15-29(39-6)16-12-26/h7-18,21,23H,19-20,22H2,1-6H3,(H,37,38). The predicted octanol–water partition coefficient (Wildman–Crippen LogP) is 8.96. The Labute approximate surface area is 238 Å². The number of anilines is 1. The molecule has 1 aliphatic carbocycles. The van der Waals surface area contributed by atoms with Crippen LogP contribution in [0, 0.1) is 6.92 Å². The van der Waals surface area contributed by atoms with Gasteiger partial charge in [0.15, 0.2) is 5.76 Å². The minimum Gasteiger partial charge on any atom is -0.497 e. The van der Waals surface area contributed by atoms with Crippen molar-refractivity contribution < 1.29 is 13.9 Å². The molecule has 0 spiro atoms. The second kappa shape index (κ2) is 10.8. The highest BCUT2D eigenvalue weighted by molar-refractivity contribution is 6.02. The normalized spacial score (nSPS) is 15.6. The van der Waals surface area contributed by atoms with E-state index in [9.17, 15) is 4.79 Å². The minimum absolute atomic E-state index is 0.155. The lowest BCUT2D eigenvalue weighted by molar-refractivity contribution is 0.0995. The number of aryl methyl sites for hydroxylation is 1. The number of methoxy groups -OCH3 is 1. The molecule has 4 heteroatoms. The molecule has 0 bridgehead atoms. The highest BCUT2D eigenvalue weighted by atomic mass is 16.5. The molecule has 3 aromatic carbocycles. The molecule has 0 atom stereocenters. The third-order valence-electron chi connectivity index (χ3n) is 8.31. The van der Waals surface area contributed by atoms with Crippen molar-refractivity contribution in [3.05, 3.63) is 118 Å². The summed E-state index contributed by atoms with van der Waals surface area (Å²) < 4.78 is 11.2. The Morgan fingerprint density at radius 1 is 0.850 bits per heavy atom. The van der Waals surface area contributed by atoms with Crippen molar-refractivity contribution in [1.29, 1.82) is 0 Å². The van der Waals surface area contributed by atoms with E-state index in [1.54, 1.807) is 13.2 Å². The molecule has 4 aromatic rings. The first-order valence-corrected chi connectivity index (χ1v) is 14.0. The van der Waals surface area contributed by atoms with Gasteiger partial charge in [0.1, 0.15) is 11.5 Å². The average Bonchev–Trinajstić information content (AvgIpc) is 3.41. The number of nitrogens with one attached hydrogen (secondary N) is 1. The summed E-state index contributed by atoms with van der Waals surface area (Å²) in [6, 6.07) is 24.1. The summed E-state index contributed by atoms with van der Waals surface area (Å²) in [6.45, 7) is 11.6. The van der Waals surface area contributed by atoms with Gasteiger partial charge in [-0.25, -0.2) is 0 Å². The maximum atomic E-state index is 12.9. The maximum absolute atomic E-state index is 12.9. The number of furan rings is 1. The van der Waals surface area contributed by atoms with Gasteiger partial charge in [-0.15, -0.1) is 0 Å². The highest BCUT2D eigenvalue weighted by Crippen LogP contribution is 2.46. The molecule has 0 saturated heterocycles. The summed E-state index contributed by atoms with van der Waals surface area (Å²) in [4.78, 5) is 12.9. The largest absolute Gasteiger partial charge is 0.497 e. The second-order valence-electron chi connectivity index (χ2n) is 12.2. The molecule has 0 saturated carbocycles. The van der Waals surface area contributed by atoms with Crippen molar-refractivity contribution in [2.45, 2.75) is 64.7 Å². The summed E-state index contributed by atoms with van der Waals surface area (Å²) in [5.74, 6) is 1.69. The van der Waals surface area contributed by atoms with E-state index in [4.69, 9.17) is 9.15 Å². The molecule has 1 N–H and O–H groups in total. The van der Waals surface area contributed by atoms with Gasteiger partial charge in [-0.1, -0.05) is 76.2 Å². The Bertz CT molecular complexity index is 1540. The molecule has 0 unspecified atom stereocenters. The summed E-state index contributed by atoms with van der Waals surface area (Å²) >= 11 is 0. The minimum atomic E-state index is -0.252. The zero-order chi connectivity index (χ0) is 28.5. The highest BCUT2D eigenvalue weighted by Gasteiger charge is 2.37. The van der Waals surface area contributed by atoms with E-state index < -0.39 is 0 Å². The Morgan fingerprint density at radius 2 is 1.43 bits per heavy atom. The van der Waals surface area contributed by atoms with E-state index in [0.29, 0.717) is 12.2 Å². The fraction of sp³-hybridized carbons (Fsp3) is 0.306. The molecule has 0 fully saturated rings. The van der Waals surface area contributed by atoms with E-state index in [1.165, 1.54) is 35.1 Å². The van der Waals surface area contributed by atoms with Crippen LogP contribution in [0.25, 0.3) is 12.2 Å². The van der Waals surface area contributed by atoms with Gasteiger partial charge < -0.3 is 14.5 Å². The van der Waals surface area contributed by atoms with Crippen molar-refractivity contribution in [1.82, 2.24) is 0 Å². The topological polar surface area (TPSA) is 51.5 Å². The molecule has 0 radical (unpaired) electrons. The number of benzene rings is 3. The van der Waals surface area contributed by atoms with Crippen molar-refractivity contribution >= 4 is 23.7 Å². The summed E-state index contributed by atoms with van der Waals surface area (Å²) in [5.41, 5.74) is 8.63. The van der Waals surface area contributed by atoms with Crippen LogP contribution in [0.2, 0.25) is 0 Å². The van der Waals surface area contributed by atoms with Crippen LogP contribution < -0.4 is 10.1 Å². The average molecular weight is 534 g/mol. The van der Waals surface area contributed by atoms with Crippen LogP contribution in [0.1, 0.15) is 90.2 Å². The molecule has 1 heterocycles. The third kappa shape index (κ3) is 5.91. The van der Waals surface area contributed by atoms with Crippen LogP contribution in [0.3, 0.4) is 0 Å². The molecule has 206 valence electrons. The predicted molar refractivity (Wildman–Crippen MR) is 164 cm³/mol. The summed E-state index contributed by atoms with van der Waals surface area (Å²) in [6.07, 6.45) is 7.13. The van der Waals surface area contributed by atoms with Crippen molar-refractivity contribution in [3.63, 3.8) is 0 Å². The summed E-state index contributed by atoms with van der Waals surface area (Å²) in [7, 11) is 1.66. The Balaban J connectivity index is 1.24. The molecule has 1 aromatic heterocycles. The number of ether oxygens (including phenoxy) is 1. The van der Waals surface area contributed by atoms with Gasteiger partial charge in [0.05, 0.1) is 7.11 Å². The first-order valence-electron chi connectivity index (χ1n) is 14.0. The molecule has 1 aliphatic rings. The van der Waals surface area contributed by atoms with Crippen molar-refractivity contribution in [2.75, 3.05) is 12.4 Å². The monoisotopic (exact) mass is 533 g/mol. The van der Waals surface area contributed by atoms with Crippen LogP contribution in [0.5, 0.6) is 5.75 Å². The van der Waals surface area contributed by atoms with Gasteiger partial charge in [-0.3, -0.25) is 4.79 Å². The van der Waals surface area contributed by atoms with Gasteiger partial charge >= 0.3 is 0 Å². The van der Waals surface area contributed by atoms with Crippen molar-refractivity contribution in [2.24, 2.45) is 0 Å². The number of amides is 1. The lowest BCUT2D eigenvalue weighted by Gasteiger charge is -2.42. The zero-order valence-corrected chi connectivity index (χ0v) is 24.4. The molecule has 5 rings (SSSR count). The van der Waals surface area contributed by atoms with E-state index >= 15 is 0 Å². The first-order chi connectivity index (χ1) is 19.0. The van der Waals surface area contributed by atoms with E-state index in [2.05, 4.69) is 52.1 Å². The van der Waals surface area contributed by atoms with E-state index in [1.807, 2.05) is 66.7 Å². The molecule has 40 heavy (non-hydrogen) atoms. The lowest BCUT2D eigenvalue weighted by Crippen LogP contribution is -2.34. The fourth-order valence-corrected chi connectivity index (χ4v) is 5.52. The number of carbonyl (C=O) groups is 1. The number of fused-ring (bicyclic) bond motifs is 1. The molecule has 0 aliphatic heterocycles. The molecule has 4 nitrogen and oxygen atoms in total. The Kier molecular flexibility index (Phi) is 7.46. The third-order valence-corrected chi connectivity index (χ3v) is 8.31. The second-order valence-corrected chi connectivity index (χ2v) is 12.2. The van der Waals surface area contributed by atoms with Gasteiger partial charge in [-0.2, -0.15) is 0 Å². The van der Waals surface area contributed by atoms with Crippen LogP contribution in [0.4, 0.5) is 5.69 Å². The summed E-state index contributed by atoms with van der Waals surface area (Å²) in [5, 5.41) is 2.95. The maximum Gasteiger partial charge on any atom is 0.291 e. The quantitative estimate of drug-likeness (QED) is 0.241. The van der Waals surface area contributed by atoms with Gasteiger partial charge in [0.2, 0.25) is 0 Å². The smallest absolute Gasteiger partial charge is 0.291 e. The number of hydrogen-bond acceptors (Lipinski definition) is 3.